The Hall–Kier alpha value is -5.18. The predicted molar refractivity (Wildman–Crippen MR) is 243 cm³/mol. The fraction of sp³-hybridized carbons (Fsp3) is 0.630. The Bertz CT molecular complexity index is 2430. The maximum Gasteiger partial charge on any atom is 0.309 e. The van der Waals surface area contributed by atoms with Crippen molar-refractivity contribution in [1.29, 1.82) is 0 Å². The van der Waals surface area contributed by atoms with Gasteiger partial charge in [0.2, 0.25) is 43.7 Å². The van der Waals surface area contributed by atoms with E-state index in [1.165, 1.54) is 46.2 Å². The lowest BCUT2D eigenvalue weighted by Gasteiger charge is -2.63. The molecule has 1 aromatic rings. The van der Waals surface area contributed by atoms with Crippen LogP contribution in [0.3, 0.4) is 0 Å². The first kappa shape index (κ1) is 54.8. The Morgan fingerprint density at radius 3 is 2.22 bits per heavy atom. The molecule has 12 atom stereocenters. The van der Waals surface area contributed by atoms with E-state index in [-0.39, 0.29) is 41.9 Å². The monoisotopic (exact) mass is 1010 g/mol. The Balaban J connectivity index is 1.06. The average molecular weight is 1010 g/mol. The predicted octanol–water partition coefficient (Wildman–Crippen LogP) is 2.43. The zero-order valence-corrected chi connectivity index (χ0v) is 41.0. The number of thioether (sulfide) groups is 1. The molecule has 23 heteroatoms. The minimum absolute atomic E-state index is 0.0385. The van der Waals surface area contributed by atoms with E-state index in [1.54, 1.807) is 13.8 Å². The van der Waals surface area contributed by atoms with E-state index in [1.807, 2.05) is 0 Å². The highest BCUT2D eigenvalue weighted by Gasteiger charge is 2.78. The lowest BCUT2D eigenvalue weighted by atomic mass is 9.44. The molecule has 0 radical (unpaired) electrons. The number of hydrogen-bond acceptors (Lipinski definition) is 15. The van der Waals surface area contributed by atoms with Gasteiger partial charge < -0.3 is 35.8 Å². The number of rotatable bonds is 18. The van der Waals surface area contributed by atoms with Crippen LogP contribution in [0.25, 0.3) is 0 Å². The molecule has 3 saturated carbocycles. The summed E-state index contributed by atoms with van der Waals surface area (Å²) in [7, 11) is -3.54. The largest absolute Gasteiger partial charge is 0.449 e. The number of hydrogen-bond donors (Lipinski definition) is 5. The highest BCUT2D eigenvalue weighted by molar-refractivity contribution is 8.13. The number of amides is 4. The van der Waals surface area contributed by atoms with Gasteiger partial charge in [-0.1, -0.05) is 31.8 Å². The van der Waals surface area contributed by atoms with Crippen LogP contribution in [0.15, 0.2) is 41.4 Å². The summed E-state index contributed by atoms with van der Waals surface area (Å²) in [6, 6.07) is -4.41. The second-order valence-corrected chi connectivity index (χ2v) is 21.3. The molecule has 1 aromatic heterocycles. The second kappa shape index (κ2) is 21.9. The number of ether oxygens (including phenoxy) is 2. The van der Waals surface area contributed by atoms with E-state index >= 15 is 8.78 Å². The lowest BCUT2D eigenvalue weighted by Crippen LogP contribution is -2.70. The molecule has 0 unspecified atom stereocenters. The van der Waals surface area contributed by atoms with Gasteiger partial charge in [-0.2, -0.15) is 0 Å². The van der Waals surface area contributed by atoms with Gasteiger partial charge in [0, 0.05) is 54.2 Å². The number of carbonyl (C=O) groups is 7. The van der Waals surface area contributed by atoms with Crippen molar-refractivity contribution in [3.05, 3.63) is 41.8 Å². The van der Waals surface area contributed by atoms with Crippen LogP contribution in [0.2, 0.25) is 0 Å². The molecule has 4 amide bonds. The third kappa shape index (κ3) is 11.2. The quantitative estimate of drug-likeness (QED) is 0.0465. The Morgan fingerprint density at radius 1 is 0.971 bits per heavy atom. The van der Waals surface area contributed by atoms with Crippen LogP contribution in [0.1, 0.15) is 92.1 Å². The molecule has 0 spiro atoms. The first-order valence-electron chi connectivity index (χ1n) is 22.4. The van der Waals surface area contributed by atoms with E-state index in [2.05, 4.69) is 43.1 Å². The molecule has 4 aliphatic carbocycles. The number of halogens is 3. The number of ketones is 1. The number of unbranched alkanes of at least 4 members (excludes halogenated alkanes) is 1. The van der Waals surface area contributed by atoms with Crippen molar-refractivity contribution in [3.63, 3.8) is 0 Å². The summed E-state index contributed by atoms with van der Waals surface area (Å²) in [5, 5.41) is 20.4. The maximum atomic E-state index is 17.7. The minimum atomic E-state index is -3.54. The molecule has 378 valence electrons. The molecule has 5 N–H and O–H groups in total. The number of fused-ring (bicyclic) bond motifs is 5. The van der Waals surface area contributed by atoms with E-state index in [9.17, 15) is 51.5 Å². The molecular weight excluding hydrogens is 950 g/mol. The van der Waals surface area contributed by atoms with E-state index in [0.29, 0.717) is 18.4 Å². The van der Waals surface area contributed by atoms with Gasteiger partial charge in [-0.05, 0) is 88.8 Å². The number of esters is 1. The number of alkyl halides is 3. The SMILES string of the molecule is C[C@H](NC(=O)CCCC#Cc1cnc(S(C)(=O)=O)nc1)C(=O)N[C@@H](C)C(=O)N[C@@H](C)C(=O)NCOCCC(=O)O[C@]1(C(=O)SCF)[C@H](C)C[C@H]2[C@@H]3C[C@H](F)C4=CC(=O)C=C[C@]4(C)[C@@]3(F)[C@@H](O)C[C@@]21C. The first-order chi connectivity index (χ1) is 32.3. The van der Waals surface area contributed by atoms with Crippen molar-refractivity contribution in [2.24, 2.45) is 28.6 Å². The van der Waals surface area contributed by atoms with Crippen molar-refractivity contribution in [1.82, 2.24) is 31.2 Å². The van der Waals surface area contributed by atoms with Gasteiger partial charge >= 0.3 is 5.97 Å². The molecule has 4 aliphatic rings. The average Bonchev–Trinajstić information content (AvgIpc) is 3.49. The molecule has 5 rings (SSSR count). The van der Waals surface area contributed by atoms with Gasteiger partial charge in [-0.25, -0.2) is 31.6 Å². The third-order valence-electron chi connectivity index (χ3n) is 13.9. The van der Waals surface area contributed by atoms with Gasteiger partial charge in [0.15, 0.2) is 17.1 Å². The van der Waals surface area contributed by atoms with Crippen LogP contribution in [0.5, 0.6) is 0 Å². The van der Waals surface area contributed by atoms with Crippen molar-refractivity contribution < 1.29 is 69.7 Å². The topological polar surface area (TPSA) is 266 Å². The fourth-order valence-corrected chi connectivity index (χ4v) is 11.6. The summed E-state index contributed by atoms with van der Waals surface area (Å²) >= 11 is 0.278. The summed E-state index contributed by atoms with van der Waals surface area (Å²) in [6.07, 6.45) is 3.05. The van der Waals surface area contributed by atoms with Gasteiger partial charge in [0.25, 0.3) is 0 Å². The van der Waals surface area contributed by atoms with Crippen LogP contribution >= 0.6 is 11.8 Å². The van der Waals surface area contributed by atoms with Crippen LogP contribution in [0, 0.1) is 40.4 Å². The molecule has 0 aliphatic heterocycles. The van der Waals surface area contributed by atoms with Crippen LogP contribution in [-0.4, -0.2) is 131 Å². The molecule has 69 heavy (non-hydrogen) atoms. The Labute approximate surface area is 402 Å². The normalized spacial score (nSPS) is 30.3. The van der Waals surface area contributed by atoms with Crippen molar-refractivity contribution in [2.45, 2.75) is 133 Å². The number of aliphatic hydroxyl groups excluding tert-OH is 1. The molecule has 0 bridgehead atoms. The summed E-state index contributed by atoms with van der Waals surface area (Å²) in [5.41, 5.74) is -7.32. The maximum absolute atomic E-state index is 17.7. The smallest absolute Gasteiger partial charge is 0.309 e. The number of sulfone groups is 1. The van der Waals surface area contributed by atoms with Gasteiger partial charge in [-0.15, -0.1) is 0 Å². The van der Waals surface area contributed by atoms with Crippen LogP contribution in [0.4, 0.5) is 13.2 Å². The highest BCUT2D eigenvalue weighted by atomic mass is 32.2. The summed E-state index contributed by atoms with van der Waals surface area (Å²) in [6.45, 7) is 8.04. The number of nitrogens with one attached hydrogen (secondary N) is 4. The number of carbonyl (C=O) groups excluding carboxylic acids is 7. The van der Waals surface area contributed by atoms with Crippen LogP contribution in [-0.2, 0) is 52.9 Å². The van der Waals surface area contributed by atoms with Crippen molar-refractivity contribution in [3.8, 4) is 11.8 Å². The molecule has 3 fully saturated rings. The summed E-state index contributed by atoms with van der Waals surface area (Å²) in [5.74, 6) is -1.13. The van der Waals surface area contributed by atoms with Gasteiger partial charge in [0.1, 0.15) is 37.0 Å². The fourth-order valence-electron chi connectivity index (χ4n) is 10.4. The summed E-state index contributed by atoms with van der Waals surface area (Å²) < 4.78 is 81.8. The van der Waals surface area contributed by atoms with Crippen molar-refractivity contribution >= 4 is 62.1 Å². The van der Waals surface area contributed by atoms with Crippen LogP contribution < -0.4 is 21.3 Å². The third-order valence-corrected chi connectivity index (χ3v) is 15.5. The zero-order valence-electron chi connectivity index (χ0n) is 39.4. The minimum Gasteiger partial charge on any atom is -0.449 e. The molecule has 1 heterocycles. The van der Waals surface area contributed by atoms with Crippen molar-refractivity contribution in [2.75, 3.05) is 25.6 Å². The molecule has 0 saturated heterocycles. The highest BCUT2D eigenvalue weighted by Crippen LogP contribution is 2.72. The molecular formula is C46H59F3N6O12S2. The molecule has 0 aromatic carbocycles. The standard InChI is InChI=1S/C46H59F3N6O12S2/c1-25-17-31-32-19-34(48)33-18-30(56)13-15-43(33,5)45(32,49)35(57)20-44(31,6)46(25,41(63)68-23-47)67-37(59)14-16-66-24-52-38(60)26(2)54-40(62)28(4)55-39(61)27(3)53-36(58)12-10-8-9-11-29-21-50-42(51-22-29)69(7,64)65/h13,15,18,21-22,25-28,31-32,34-35,57H,8,10,12,14,16-17,19-20,23-24H2,1-7H3,(H,52,60)(H,53,58)(H,54,62)(H,55,61)/t25-,26+,27+,28+,31+,32+,34+,35+,43+,44+,45+,46+/m1/s1. The number of aromatic nitrogens is 2. The number of allylic oxidation sites excluding steroid dienone is 4. The number of nitrogens with zero attached hydrogens (tertiary/aromatic N) is 2. The zero-order chi connectivity index (χ0) is 51.3. The second-order valence-electron chi connectivity index (χ2n) is 18.5. The van der Waals surface area contributed by atoms with E-state index in [4.69, 9.17) is 9.47 Å². The Kier molecular flexibility index (Phi) is 17.3. The molecule has 18 nitrogen and oxygen atoms in total. The lowest BCUT2D eigenvalue weighted by molar-refractivity contribution is -0.229. The van der Waals surface area contributed by atoms with Gasteiger partial charge in [-0.3, -0.25) is 33.6 Å². The number of aliphatic hydroxyl groups is 1. The van der Waals surface area contributed by atoms with E-state index < -0.39 is 153 Å². The Morgan fingerprint density at radius 2 is 1.59 bits per heavy atom. The van der Waals surface area contributed by atoms with E-state index in [0.717, 1.165) is 18.4 Å². The first-order valence-corrected chi connectivity index (χ1v) is 25.3. The van der Waals surface area contributed by atoms with Gasteiger partial charge in [0.05, 0.1) is 24.7 Å². The summed E-state index contributed by atoms with van der Waals surface area (Å²) in [4.78, 5) is 97.8.